The highest BCUT2D eigenvalue weighted by Gasteiger charge is 2.02. The van der Waals surface area contributed by atoms with Gasteiger partial charge in [0.15, 0.2) is 5.36 Å². The van der Waals surface area contributed by atoms with Crippen LogP contribution < -0.4 is 32.4 Å². The molecule has 0 saturated heterocycles. The average Bonchev–Trinajstić information content (AvgIpc) is 2.65. The van der Waals surface area contributed by atoms with Crippen LogP contribution in [0.4, 0.5) is 11.4 Å². The van der Waals surface area contributed by atoms with Crippen LogP contribution >= 0.6 is 0 Å². The van der Waals surface area contributed by atoms with Crippen LogP contribution in [0.3, 0.4) is 0 Å². The van der Waals surface area contributed by atoms with Crippen LogP contribution in [0.15, 0.2) is 74.4 Å². The molecule has 0 amide bonds. The fraction of sp³-hybridized carbons (Fsp3) is 0.143. The van der Waals surface area contributed by atoms with Crippen molar-refractivity contribution in [3.05, 3.63) is 102 Å². The third-order valence-corrected chi connectivity index (χ3v) is 4.20. The Hall–Kier alpha value is -3.54. The molecule has 0 radical (unpaired) electrons. The molecule has 0 bridgehead atoms. The molecule has 0 atom stereocenters. The van der Waals surface area contributed by atoms with Gasteiger partial charge in [-0.25, -0.2) is 0 Å². The zero-order valence-corrected chi connectivity index (χ0v) is 15.4. The second kappa shape index (κ2) is 7.78. The normalized spacial score (nSPS) is 12.3. The number of rotatable bonds is 4. The second-order valence-corrected chi connectivity index (χ2v) is 6.34. The van der Waals surface area contributed by atoms with Gasteiger partial charge in [0.1, 0.15) is 5.36 Å². The third kappa shape index (κ3) is 4.17. The Morgan fingerprint density at radius 2 is 1.44 bits per heavy atom. The van der Waals surface area contributed by atoms with Crippen molar-refractivity contribution in [2.24, 2.45) is 10.2 Å². The molecule has 6 heteroatoms. The van der Waals surface area contributed by atoms with Gasteiger partial charge >= 0.3 is 0 Å². The summed E-state index contributed by atoms with van der Waals surface area (Å²) < 4.78 is 0. The highest BCUT2D eigenvalue weighted by atomic mass is 16.1. The van der Waals surface area contributed by atoms with E-state index < -0.39 is 10.9 Å². The molecule has 0 saturated carbocycles. The maximum atomic E-state index is 12.6. The van der Waals surface area contributed by atoms with E-state index in [1.165, 1.54) is 12.1 Å². The molecule has 0 aliphatic heterocycles. The fourth-order valence-electron chi connectivity index (χ4n) is 2.53. The molecular weight excluding hydrogens is 340 g/mol. The van der Waals surface area contributed by atoms with Crippen molar-refractivity contribution < 1.29 is 0 Å². The van der Waals surface area contributed by atoms with Gasteiger partial charge in [-0.1, -0.05) is 30.3 Å². The van der Waals surface area contributed by atoms with Gasteiger partial charge in [0.2, 0.25) is 10.9 Å². The van der Waals surface area contributed by atoms with E-state index in [4.69, 9.17) is 0 Å². The lowest BCUT2D eigenvalue weighted by atomic mass is 10.1. The lowest BCUT2D eigenvalue weighted by molar-refractivity contribution is 1.10. The number of para-hydroxylation sites is 1. The summed E-state index contributed by atoms with van der Waals surface area (Å²) in [6.45, 7) is 5.83. The molecule has 3 aromatic carbocycles. The van der Waals surface area contributed by atoms with Crippen LogP contribution in [0.25, 0.3) is 0 Å². The fourth-order valence-corrected chi connectivity index (χ4v) is 2.53. The zero-order chi connectivity index (χ0) is 19.4. The predicted octanol–water partition coefficient (Wildman–Crippen LogP) is 2.06. The largest absolute Gasteiger partial charge is 0.287 e. The third-order valence-electron chi connectivity index (χ3n) is 4.20. The summed E-state index contributed by atoms with van der Waals surface area (Å²) in [4.78, 5) is 24.7. The van der Waals surface area contributed by atoms with Gasteiger partial charge in [0.05, 0.1) is 11.4 Å². The van der Waals surface area contributed by atoms with Gasteiger partial charge in [0, 0.05) is 0 Å². The molecule has 0 spiro atoms. The SMILES string of the molecule is Cc1ccc(C)c(NN=c2ccc(=O)c(=NNc3ccccc3C)c2=O)c1. The quantitative estimate of drug-likeness (QED) is 0.698. The molecule has 0 aliphatic carbocycles. The first-order valence-electron chi connectivity index (χ1n) is 8.53. The number of nitrogens with zero attached hydrogens (tertiary/aromatic N) is 2. The molecule has 0 aliphatic rings. The van der Waals surface area contributed by atoms with E-state index in [1.807, 2.05) is 63.2 Å². The van der Waals surface area contributed by atoms with E-state index >= 15 is 0 Å². The molecule has 0 unspecified atom stereocenters. The minimum Gasteiger partial charge on any atom is -0.287 e. The van der Waals surface area contributed by atoms with Crippen LogP contribution in [-0.4, -0.2) is 0 Å². The van der Waals surface area contributed by atoms with E-state index in [1.54, 1.807) is 0 Å². The molecule has 0 heterocycles. The number of benzene rings is 3. The first kappa shape index (κ1) is 18.3. The molecule has 3 rings (SSSR count). The maximum Gasteiger partial charge on any atom is 0.237 e. The Kier molecular flexibility index (Phi) is 5.26. The zero-order valence-electron chi connectivity index (χ0n) is 15.4. The Balaban J connectivity index is 2.00. The average molecular weight is 360 g/mol. The standard InChI is InChI=1S/C21H20N4O2/c1-13-8-9-15(3)18(12-13)24-23-17-10-11-19(26)20(21(17)27)25-22-16-7-5-4-6-14(16)2/h4-12,22,24H,1-3H3. The highest BCUT2D eigenvalue weighted by Crippen LogP contribution is 2.15. The van der Waals surface area contributed by atoms with Crippen molar-refractivity contribution in [1.29, 1.82) is 0 Å². The molecule has 27 heavy (non-hydrogen) atoms. The van der Waals surface area contributed by atoms with Crippen LogP contribution in [-0.2, 0) is 0 Å². The monoisotopic (exact) mass is 360 g/mol. The molecular formula is C21H20N4O2. The summed E-state index contributed by atoms with van der Waals surface area (Å²) in [6.07, 6.45) is 0. The highest BCUT2D eigenvalue weighted by molar-refractivity contribution is 5.52. The summed E-state index contributed by atoms with van der Waals surface area (Å²) in [5.41, 5.74) is 9.28. The Morgan fingerprint density at radius 1 is 0.741 bits per heavy atom. The van der Waals surface area contributed by atoms with Gasteiger partial charge in [-0.15, -0.1) is 0 Å². The van der Waals surface area contributed by atoms with E-state index in [-0.39, 0.29) is 10.7 Å². The van der Waals surface area contributed by atoms with Gasteiger partial charge in [-0.05, 0) is 61.7 Å². The molecule has 2 N–H and O–H groups in total. The first-order chi connectivity index (χ1) is 13.0. The van der Waals surface area contributed by atoms with E-state index in [2.05, 4.69) is 21.1 Å². The van der Waals surface area contributed by atoms with Crippen molar-refractivity contribution in [3.8, 4) is 0 Å². The minimum absolute atomic E-state index is 0.126. The summed E-state index contributed by atoms with van der Waals surface area (Å²) in [7, 11) is 0. The lowest BCUT2D eigenvalue weighted by Gasteiger charge is -2.05. The predicted molar refractivity (Wildman–Crippen MR) is 107 cm³/mol. The molecule has 136 valence electrons. The second-order valence-electron chi connectivity index (χ2n) is 6.34. The lowest BCUT2D eigenvalue weighted by Crippen LogP contribution is -2.48. The summed E-state index contributed by atoms with van der Waals surface area (Å²) in [6, 6.07) is 16.1. The molecule has 0 fully saturated rings. The number of nitrogens with one attached hydrogen (secondary N) is 2. The van der Waals surface area contributed by atoms with Crippen molar-refractivity contribution in [2.75, 3.05) is 10.9 Å². The van der Waals surface area contributed by atoms with Crippen molar-refractivity contribution in [3.63, 3.8) is 0 Å². The van der Waals surface area contributed by atoms with Crippen LogP contribution in [0.1, 0.15) is 16.7 Å². The number of anilines is 2. The van der Waals surface area contributed by atoms with E-state index in [0.29, 0.717) is 0 Å². The Morgan fingerprint density at radius 3 is 2.22 bits per heavy atom. The summed E-state index contributed by atoms with van der Waals surface area (Å²) in [5, 5.41) is 8.12. The van der Waals surface area contributed by atoms with Gasteiger partial charge in [-0.3, -0.25) is 20.4 Å². The summed E-state index contributed by atoms with van der Waals surface area (Å²) in [5.74, 6) is 0. The Labute approximate surface area is 156 Å². The smallest absolute Gasteiger partial charge is 0.237 e. The van der Waals surface area contributed by atoms with Crippen molar-refractivity contribution in [2.45, 2.75) is 20.8 Å². The summed E-state index contributed by atoms with van der Waals surface area (Å²) >= 11 is 0. The minimum atomic E-state index is -0.526. The van der Waals surface area contributed by atoms with Gasteiger partial charge in [0.25, 0.3) is 0 Å². The Bertz CT molecular complexity index is 1210. The van der Waals surface area contributed by atoms with Crippen LogP contribution in [0.2, 0.25) is 0 Å². The molecule has 0 aromatic heterocycles. The van der Waals surface area contributed by atoms with Gasteiger partial charge in [-0.2, -0.15) is 10.2 Å². The van der Waals surface area contributed by atoms with E-state index in [9.17, 15) is 9.59 Å². The number of hydrogen-bond donors (Lipinski definition) is 2. The van der Waals surface area contributed by atoms with Crippen molar-refractivity contribution in [1.82, 2.24) is 0 Å². The van der Waals surface area contributed by atoms with Crippen LogP contribution in [0, 0.1) is 20.8 Å². The van der Waals surface area contributed by atoms with E-state index in [0.717, 1.165) is 28.1 Å². The van der Waals surface area contributed by atoms with Gasteiger partial charge < -0.3 is 0 Å². The maximum absolute atomic E-state index is 12.6. The molecule has 3 aromatic rings. The molecule has 6 nitrogen and oxygen atoms in total. The van der Waals surface area contributed by atoms with Crippen molar-refractivity contribution >= 4 is 11.4 Å². The number of hydrogen-bond acceptors (Lipinski definition) is 6. The first-order valence-corrected chi connectivity index (χ1v) is 8.53. The topological polar surface area (TPSA) is 82.9 Å². The number of aryl methyl sites for hydroxylation is 3. The van der Waals surface area contributed by atoms with Crippen LogP contribution in [0.5, 0.6) is 0 Å².